The highest BCUT2D eigenvalue weighted by Gasteiger charge is 2.17. The van der Waals surface area contributed by atoms with Crippen LogP contribution in [0.1, 0.15) is 12.5 Å². The number of hydrogen-bond acceptors (Lipinski definition) is 3. The van der Waals surface area contributed by atoms with Crippen LogP contribution in [0.25, 0.3) is 0 Å². The smallest absolute Gasteiger partial charge is 0.221 e. The Balaban J connectivity index is 1.97. The normalized spacial score (nSPS) is 16.5. The number of ether oxygens (including phenoxy) is 1. The molecule has 1 aliphatic rings. The van der Waals surface area contributed by atoms with E-state index in [0.717, 1.165) is 37.3 Å². The van der Waals surface area contributed by atoms with E-state index in [0.29, 0.717) is 12.5 Å². The van der Waals surface area contributed by atoms with Crippen molar-refractivity contribution in [2.45, 2.75) is 13.5 Å². The summed E-state index contributed by atoms with van der Waals surface area (Å²) in [7, 11) is 2.09. The van der Waals surface area contributed by atoms with Gasteiger partial charge in [0.05, 0.1) is 0 Å². The summed E-state index contributed by atoms with van der Waals surface area (Å²) in [5.74, 6) is 0.687. The molecule has 0 saturated carbocycles. The lowest BCUT2D eigenvalue weighted by Gasteiger charge is -2.32. The van der Waals surface area contributed by atoms with Crippen LogP contribution in [-0.2, 0) is 11.3 Å². The first-order valence-corrected chi connectivity index (χ1v) is 7.49. The fraction of sp³-hybridized carbons (Fsp3) is 0.412. The van der Waals surface area contributed by atoms with E-state index in [9.17, 15) is 0 Å². The molecule has 1 aromatic rings. The van der Waals surface area contributed by atoms with Crippen molar-refractivity contribution in [2.24, 2.45) is 4.99 Å². The molecule has 1 N–H and O–H groups in total. The van der Waals surface area contributed by atoms with Crippen LogP contribution >= 0.6 is 0 Å². The Hall–Kier alpha value is -2.14. The molecule has 0 spiro atoms. The molecule has 0 unspecified atom stereocenters. The van der Waals surface area contributed by atoms with Gasteiger partial charge in [0, 0.05) is 31.8 Å². The lowest BCUT2D eigenvalue weighted by molar-refractivity contribution is 0.213. The first kappa shape index (κ1) is 16.2. The number of benzene rings is 1. The number of nitrogens with zero attached hydrogens (tertiary/aromatic N) is 3. The number of guanidine groups is 1. The van der Waals surface area contributed by atoms with Gasteiger partial charge in [-0.15, -0.1) is 0 Å². The third kappa shape index (κ3) is 4.70. The molecule has 5 nitrogen and oxygen atoms in total. The van der Waals surface area contributed by atoms with Gasteiger partial charge in [-0.1, -0.05) is 36.9 Å². The maximum atomic E-state index is 8.15. The molecule has 0 amide bonds. The Morgan fingerprint density at radius 2 is 1.86 bits per heavy atom. The van der Waals surface area contributed by atoms with Crippen LogP contribution in [-0.4, -0.2) is 54.9 Å². The van der Waals surface area contributed by atoms with E-state index in [2.05, 4.69) is 23.5 Å². The molecule has 0 radical (unpaired) electrons. The fourth-order valence-corrected chi connectivity index (χ4v) is 2.16. The van der Waals surface area contributed by atoms with E-state index in [-0.39, 0.29) is 5.96 Å². The van der Waals surface area contributed by atoms with Crippen LogP contribution in [0.2, 0.25) is 0 Å². The third-order valence-electron chi connectivity index (χ3n) is 3.59. The summed E-state index contributed by atoms with van der Waals surface area (Å²) in [6.45, 7) is 9.72. The van der Waals surface area contributed by atoms with Crippen molar-refractivity contribution >= 4 is 11.9 Å². The summed E-state index contributed by atoms with van der Waals surface area (Å²) in [4.78, 5) is 8.54. The third-order valence-corrected chi connectivity index (χ3v) is 3.59. The van der Waals surface area contributed by atoms with Gasteiger partial charge in [-0.25, -0.2) is 0 Å². The van der Waals surface area contributed by atoms with E-state index in [1.165, 1.54) is 0 Å². The fourth-order valence-electron chi connectivity index (χ4n) is 2.16. The second-order valence-corrected chi connectivity index (χ2v) is 5.59. The SMILES string of the molecule is C=C(C)/C(=N\C(=N)N1CCN(C)CC1)OCc1ccccc1. The number of nitrogens with one attached hydrogen (secondary N) is 1. The molecule has 1 aromatic carbocycles. The molecular formula is C17H24N4O. The van der Waals surface area contributed by atoms with Crippen molar-refractivity contribution in [2.75, 3.05) is 33.2 Å². The summed E-state index contributed by atoms with van der Waals surface area (Å²) in [5.41, 5.74) is 1.80. The first-order chi connectivity index (χ1) is 10.6. The molecule has 1 saturated heterocycles. The number of piperazine rings is 1. The number of aliphatic imine (C=N–C) groups is 1. The minimum atomic E-state index is 0.249. The van der Waals surface area contributed by atoms with E-state index in [1.54, 1.807) is 0 Å². The largest absolute Gasteiger partial charge is 0.473 e. The summed E-state index contributed by atoms with van der Waals surface area (Å²) < 4.78 is 5.74. The Bertz CT molecular complexity index is 545. The molecule has 0 bridgehead atoms. The average Bonchev–Trinajstić information content (AvgIpc) is 2.52. The molecule has 0 atom stereocenters. The van der Waals surface area contributed by atoms with E-state index in [1.807, 2.05) is 42.2 Å². The number of hydrogen-bond donors (Lipinski definition) is 1. The van der Waals surface area contributed by atoms with Gasteiger partial charge in [0.15, 0.2) is 0 Å². The van der Waals surface area contributed by atoms with E-state index >= 15 is 0 Å². The van der Waals surface area contributed by atoms with Gasteiger partial charge in [0.1, 0.15) is 6.61 Å². The average molecular weight is 300 g/mol. The van der Waals surface area contributed by atoms with Crippen molar-refractivity contribution in [3.63, 3.8) is 0 Å². The quantitative estimate of drug-likeness (QED) is 0.689. The molecule has 1 heterocycles. The summed E-state index contributed by atoms with van der Waals surface area (Å²) in [5, 5.41) is 8.15. The second-order valence-electron chi connectivity index (χ2n) is 5.59. The lowest BCUT2D eigenvalue weighted by Crippen LogP contribution is -2.46. The zero-order valence-corrected chi connectivity index (χ0v) is 13.4. The molecule has 22 heavy (non-hydrogen) atoms. The van der Waals surface area contributed by atoms with Crippen molar-refractivity contribution in [3.05, 3.63) is 48.0 Å². The molecular weight excluding hydrogens is 276 g/mol. The molecule has 1 fully saturated rings. The van der Waals surface area contributed by atoms with Crippen molar-refractivity contribution in [1.29, 1.82) is 5.41 Å². The van der Waals surface area contributed by atoms with Crippen LogP contribution in [0.4, 0.5) is 0 Å². The highest BCUT2D eigenvalue weighted by Crippen LogP contribution is 2.07. The van der Waals surface area contributed by atoms with Crippen LogP contribution in [0.5, 0.6) is 0 Å². The molecule has 0 aliphatic carbocycles. The maximum absolute atomic E-state index is 8.15. The molecule has 1 aliphatic heterocycles. The molecule has 2 rings (SSSR count). The van der Waals surface area contributed by atoms with Crippen LogP contribution in [0.15, 0.2) is 47.5 Å². The Labute approximate surface area is 132 Å². The van der Waals surface area contributed by atoms with Crippen molar-refractivity contribution in [3.8, 4) is 0 Å². The van der Waals surface area contributed by atoms with Crippen molar-refractivity contribution < 1.29 is 4.74 Å². The van der Waals surface area contributed by atoms with Crippen LogP contribution in [0.3, 0.4) is 0 Å². The van der Waals surface area contributed by atoms with E-state index < -0.39 is 0 Å². The van der Waals surface area contributed by atoms with E-state index in [4.69, 9.17) is 10.1 Å². The first-order valence-electron chi connectivity index (χ1n) is 7.49. The zero-order valence-electron chi connectivity index (χ0n) is 13.4. The second kappa shape index (κ2) is 7.75. The van der Waals surface area contributed by atoms with Gasteiger partial charge < -0.3 is 14.5 Å². The summed E-state index contributed by atoms with van der Waals surface area (Å²) >= 11 is 0. The molecule has 5 heteroatoms. The minimum absolute atomic E-state index is 0.249. The minimum Gasteiger partial charge on any atom is -0.473 e. The summed E-state index contributed by atoms with van der Waals surface area (Å²) in [6, 6.07) is 9.93. The molecule has 118 valence electrons. The van der Waals surface area contributed by atoms with Gasteiger partial charge in [0.25, 0.3) is 0 Å². The zero-order chi connectivity index (χ0) is 15.9. The lowest BCUT2D eigenvalue weighted by atomic mass is 10.2. The van der Waals surface area contributed by atoms with Crippen LogP contribution in [0, 0.1) is 5.41 Å². The standard InChI is InChI=1S/C17H24N4O/c1-14(2)16(22-13-15-7-5-4-6-8-15)19-17(18)21-11-9-20(3)10-12-21/h4-8,18H,1,9-13H2,2-3H3/b18-17?,19-16+. The predicted octanol–water partition coefficient (Wildman–Crippen LogP) is 2.36. The van der Waals surface area contributed by atoms with Crippen LogP contribution < -0.4 is 0 Å². The van der Waals surface area contributed by atoms with Gasteiger partial charge >= 0.3 is 0 Å². The van der Waals surface area contributed by atoms with Gasteiger partial charge in [-0.3, -0.25) is 5.41 Å². The van der Waals surface area contributed by atoms with Crippen molar-refractivity contribution in [1.82, 2.24) is 9.80 Å². The highest BCUT2D eigenvalue weighted by molar-refractivity contribution is 6.00. The summed E-state index contributed by atoms with van der Waals surface area (Å²) in [6.07, 6.45) is 0. The Kier molecular flexibility index (Phi) is 5.72. The van der Waals surface area contributed by atoms with Gasteiger partial charge in [-0.05, 0) is 19.5 Å². The predicted molar refractivity (Wildman–Crippen MR) is 90.3 cm³/mol. The number of rotatable bonds is 3. The molecule has 0 aromatic heterocycles. The monoisotopic (exact) mass is 300 g/mol. The Morgan fingerprint density at radius 3 is 2.45 bits per heavy atom. The topological polar surface area (TPSA) is 51.9 Å². The Morgan fingerprint density at radius 1 is 1.23 bits per heavy atom. The van der Waals surface area contributed by atoms with Gasteiger partial charge in [0.2, 0.25) is 11.9 Å². The highest BCUT2D eigenvalue weighted by atomic mass is 16.5. The van der Waals surface area contributed by atoms with Gasteiger partial charge in [-0.2, -0.15) is 4.99 Å². The number of likely N-dealkylation sites (N-methyl/N-ethyl adjacent to an activating group) is 1. The maximum Gasteiger partial charge on any atom is 0.221 e.